The number of aryl methyl sites for hydroxylation is 2. The van der Waals surface area contributed by atoms with Gasteiger partial charge in [0.1, 0.15) is 11.2 Å². The number of fused-ring (bicyclic) bond motifs is 1. The van der Waals surface area contributed by atoms with Crippen molar-refractivity contribution in [3.63, 3.8) is 0 Å². The summed E-state index contributed by atoms with van der Waals surface area (Å²) in [7, 11) is 1.59. The maximum absolute atomic E-state index is 5.22. The quantitative estimate of drug-likeness (QED) is 0.767. The van der Waals surface area contributed by atoms with Gasteiger partial charge in [0.05, 0.1) is 12.8 Å². The molecule has 0 fully saturated rings. The van der Waals surface area contributed by atoms with Gasteiger partial charge in [-0.2, -0.15) is 9.97 Å². The molecule has 0 atom stereocenters. The first kappa shape index (κ1) is 9.89. The van der Waals surface area contributed by atoms with Gasteiger partial charge in [-0.05, 0) is 6.42 Å². The molecule has 0 aromatic carbocycles. The van der Waals surface area contributed by atoms with Crippen LogP contribution in [0.4, 0.5) is 0 Å². The molecule has 15 heavy (non-hydrogen) atoms. The monoisotopic (exact) mass is 207 g/mol. The van der Waals surface area contributed by atoms with E-state index in [0.29, 0.717) is 17.4 Å². The number of methoxy groups -OCH3 is 1. The number of ether oxygens (including phenoxy) is 1. The topological polar surface area (TPSA) is 61.0 Å². The van der Waals surface area contributed by atoms with Crippen LogP contribution in [0.15, 0.2) is 4.52 Å². The first-order valence-electron chi connectivity index (χ1n) is 4.99. The molecule has 5 nitrogen and oxygen atoms in total. The van der Waals surface area contributed by atoms with Crippen LogP contribution in [0.5, 0.6) is 5.88 Å². The minimum atomic E-state index is 0.510. The third kappa shape index (κ3) is 1.54. The third-order valence-electron chi connectivity index (χ3n) is 2.26. The molecule has 0 unspecified atom stereocenters. The van der Waals surface area contributed by atoms with E-state index < -0.39 is 0 Å². The lowest BCUT2D eigenvalue weighted by molar-refractivity contribution is 0.399. The lowest BCUT2D eigenvalue weighted by Crippen LogP contribution is -1.97. The van der Waals surface area contributed by atoms with Crippen LogP contribution in [0, 0.1) is 0 Å². The molecule has 0 saturated carbocycles. The SMILES string of the molecule is CCc1nc(OC)c2c(CC)noc2n1. The molecule has 0 spiro atoms. The van der Waals surface area contributed by atoms with Crippen LogP contribution in [-0.2, 0) is 12.8 Å². The van der Waals surface area contributed by atoms with Gasteiger partial charge in [-0.25, -0.2) is 0 Å². The molecule has 0 saturated heterocycles. The summed E-state index contributed by atoms with van der Waals surface area (Å²) in [5.74, 6) is 1.26. The Hall–Kier alpha value is -1.65. The van der Waals surface area contributed by atoms with Crippen molar-refractivity contribution in [2.45, 2.75) is 26.7 Å². The minimum absolute atomic E-state index is 0.510. The average molecular weight is 207 g/mol. The zero-order valence-corrected chi connectivity index (χ0v) is 9.07. The molecule has 0 aliphatic heterocycles. The minimum Gasteiger partial charge on any atom is -0.480 e. The fourth-order valence-electron chi connectivity index (χ4n) is 1.47. The number of hydrogen-bond donors (Lipinski definition) is 0. The maximum Gasteiger partial charge on any atom is 0.265 e. The van der Waals surface area contributed by atoms with Gasteiger partial charge in [0.2, 0.25) is 5.88 Å². The van der Waals surface area contributed by atoms with E-state index in [-0.39, 0.29) is 0 Å². The Labute approximate surface area is 87.5 Å². The summed E-state index contributed by atoms with van der Waals surface area (Å²) in [4.78, 5) is 8.54. The van der Waals surface area contributed by atoms with Gasteiger partial charge >= 0.3 is 0 Å². The molecule has 2 aromatic heterocycles. The summed E-state index contributed by atoms with van der Waals surface area (Å²) in [5, 5.41) is 4.73. The number of hydrogen-bond acceptors (Lipinski definition) is 5. The molecule has 0 aliphatic carbocycles. The van der Waals surface area contributed by atoms with Crippen molar-refractivity contribution < 1.29 is 9.26 Å². The van der Waals surface area contributed by atoms with E-state index in [2.05, 4.69) is 15.1 Å². The standard InChI is InChI=1S/C10H13N3O2/c1-4-6-8-9(14-3)11-7(5-2)12-10(8)15-13-6/h4-5H2,1-3H3. The van der Waals surface area contributed by atoms with Crippen molar-refractivity contribution in [2.75, 3.05) is 7.11 Å². The molecule has 0 N–H and O–H groups in total. The highest BCUT2D eigenvalue weighted by Gasteiger charge is 2.16. The highest BCUT2D eigenvalue weighted by molar-refractivity contribution is 5.81. The predicted octanol–water partition coefficient (Wildman–Crippen LogP) is 1.75. The van der Waals surface area contributed by atoms with Crippen molar-refractivity contribution in [1.82, 2.24) is 15.1 Å². The molecule has 0 amide bonds. The Balaban J connectivity index is 2.72. The number of nitrogens with zero attached hydrogens (tertiary/aromatic N) is 3. The summed E-state index contributed by atoms with van der Waals surface area (Å²) in [6, 6.07) is 0. The van der Waals surface area contributed by atoms with Crippen molar-refractivity contribution >= 4 is 11.1 Å². The van der Waals surface area contributed by atoms with Crippen LogP contribution >= 0.6 is 0 Å². The van der Waals surface area contributed by atoms with Gasteiger partial charge in [0.15, 0.2) is 0 Å². The summed E-state index contributed by atoms with van der Waals surface area (Å²) in [6.45, 7) is 3.99. The first-order chi connectivity index (χ1) is 7.30. The highest BCUT2D eigenvalue weighted by atomic mass is 16.5. The second-order valence-electron chi connectivity index (χ2n) is 3.17. The van der Waals surface area contributed by atoms with Gasteiger partial charge in [-0.15, -0.1) is 0 Å². The Morgan fingerprint density at radius 2 is 2.00 bits per heavy atom. The van der Waals surface area contributed by atoms with Crippen molar-refractivity contribution in [3.8, 4) is 5.88 Å². The molecule has 2 rings (SSSR count). The maximum atomic E-state index is 5.22. The van der Waals surface area contributed by atoms with E-state index in [1.807, 2.05) is 13.8 Å². The number of aromatic nitrogens is 3. The lowest BCUT2D eigenvalue weighted by Gasteiger charge is -2.02. The van der Waals surface area contributed by atoms with Crippen LogP contribution in [-0.4, -0.2) is 22.2 Å². The molecule has 0 aliphatic rings. The van der Waals surface area contributed by atoms with E-state index in [1.54, 1.807) is 7.11 Å². The van der Waals surface area contributed by atoms with E-state index in [4.69, 9.17) is 9.26 Å². The third-order valence-corrected chi connectivity index (χ3v) is 2.26. The highest BCUT2D eigenvalue weighted by Crippen LogP contribution is 2.26. The van der Waals surface area contributed by atoms with Gasteiger partial charge in [-0.1, -0.05) is 19.0 Å². The lowest BCUT2D eigenvalue weighted by atomic mass is 10.2. The van der Waals surface area contributed by atoms with E-state index in [0.717, 1.165) is 23.9 Å². The molecular weight excluding hydrogens is 194 g/mol. The number of rotatable bonds is 3. The van der Waals surface area contributed by atoms with Gasteiger partial charge in [0.25, 0.3) is 5.71 Å². The largest absolute Gasteiger partial charge is 0.480 e. The Bertz CT molecular complexity index is 479. The summed E-state index contributed by atoms with van der Waals surface area (Å²) in [6.07, 6.45) is 1.52. The summed E-state index contributed by atoms with van der Waals surface area (Å²) in [5.41, 5.74) is 1.35. The normalized spacial score (nSPS) is 10.9. The molecule has 0 radical (unpaired) electrons. The van der Waals surface area contributed by atoms with Gasteiger partial charge < -0.3 is 9.26 Å². The van der Waals surface area contributed by atoms with E-state index in [9.17, 15) is 0 Å². The average Bonchev–Trinajstić information content (AvgIpc) is 2.70. The van der Waals surface area contributed by atoms with Gasteiger partial charge in [-0.3, -0.25) is 0 Å². The molecule has 80 valence electrons. The van der Waals surface area contributed by atoms with Crippen LogP contribution in [0.1, 0.15) is 25.4 Å². The second kappa shape index (κ2) is 3.84. The van der Waals surface area contributed by atoms with Crippen LogP contribution < -0.4 is 4.74 Å². The van der Waals surface area contributed by atoms with Crippen LogP contribution in [0.25, 0.3) is 11.1 Å². The Morgan fingerprint density at radius 1 is 1.20 bits per heavy atom. The summed E-state index contributed by atoms with van der Waals surface area (Å²) < 4.78 is 10.4. The van der Waals surface area contributed by atoms with E-state index in [1.165, 1.54) is 0 Å². The summed E-state index contributed by atoms with van der Waals surface area (Å²) >= 11 is 0. The van der Waals surface area contributed by atoms with Crippen LogP contribution in [0.2, 0.25) is 0 Å². The molecule has 5 heteroatoms. The molecule has 2 aromatic rings. The van der Waals surface area contributed by atoms with Crippen LogP contribution in [0.3, 0.4) is 0 Å². The second-order valence-corrected chi connectivity index (χ2v) is 3.17. The van der Waals surface area contributed by atoms with Crippen molar-refractivity contribution in [3.05, 3.63) is 11.5 Å². The fraction of sp³-hybridized carbons (Fsp3) is 0.500. The molecular formula is C10H13N3O2. The van der Waals surface area contributed by atoms with E-state index >= 15 is 0 Å². The predicted molar refractivity (Wildman–Crippen MR) is 54.9 cm³/mol. The van der Waals surface area contributed by atoms with Crippen molar-refractivity contribution in [1.29, 1.82) is 0 Å². The zero-order valence-electron chi connectivity index (χ0n) is 9.07. The first-order valence-corrected chi connectivity index (χ1v) is 4.99. The Kier molecular flexibility index (Phi) is 2.53. The molecule has 2 heterocycles. The zero-order chi connectivity index (χ0) is 10.8. The Morgan fingerprint density at radius 3 is 2.60 bits per heavy atom. The fourth-order valence-corrected chi connectivity index (χ4v) is 1.47. The van der Waals surface area contributed by atoms with Gasteiger partial charge in [0, 0.05) is 6.42 Å². The molecule has 0 bridgehead atoms. The van der Waals surface area contributed by atoms with Crippen molar-refractivity contribution in [2.24, 2.45) is 0 Å². The smallest absolute Gasteiger partial charge is 0.265 e.